The lowest BCUT2D eigenvalue weighted by atomic mass is 10.1. The maximum absolute atomic E-state index is 6.14. The van der Waals surface area contributed by atoms with Crippen molar-refractivity contribution >= 4 is 29.9 Å². The molecule has 2 aromatic rings. The van der Waals surface area contributed by atoms with Gasteiger partial charge in [0.05, 0.1) is 19.8 Å². The molecule has 0 unspecified atom stereocenters. The highest BCUT2D eigenvalue weighted by Crippen LogP contribution is 2.32. The molecule has 152 valence electrons. The van der Waals surface area contributed by atoms with E-state index in [2.05, 4.69) is 22.4 Å². The Kier molecular flexibility index (Phi) is 9.40. The Morgan fingerprint density at radius 3 is 2.54 bits per heavy atom. The third-order valence-corrected chi connectivity index (χ3v) is 4.82. The average molecular weight is 495 g/mol. The van der Waals surface area contributed by atoms with Crippen LogP contribution in [0, 0.1) is 0 Å². The summed E-state index contributed by atoms with van der Waals surface area (Å²) in [6.45, 7) is 1.27. The minimum Gasteiger partial charge on any atom is -0.493 e. The molecule has 0 radical (unpaired) electrons. The Balaban J connectivity index is 0.00000280. The molecule has 2 aromatic carbocycles. The van der Waals surface area contributed by atoms with Crippen LogP contribution in [-0.2, 0) is 13.0 Å². The number of nitrogens with zero attached hydrogens (tertiary/aromatic N) is 1. The zero-order valence-corrected chi connectivity index (χ0v) is 18.7. The molecule has 3 rings (SSSR count). The van der Waals surface area contributed by atoms with Crippen molar-refractivity contribution in [3.8, 4) is 11.5 Å². The molecular formula is C22H30IN3O2. The molecule has 1 aliphatic rings. The SMILES string of the molecule is COc1ccc(CN=C(N)NCCc2ccccc2)cc1OC1CCCC1.I. The summed E-state index contributed by atoms with van der Waals surface area (Å²) in [5.74, 6) is 2.02. The molecule has 0 atom stereocenters. The molecular weight excluding hydrogens is 465 g/mol. The molecule has 0 aromatic heterocycles. The van der Waals surface area contributed by atoms with Crippen LogP contribution in [0.4, 0.5) is 0 Å². The largest absolute Gasteiger partial charge is 0.493 e. The monoisotopic (exact) mass is 495 g/mol. The van der Waals surface area contributed by atoms with E-state index < -0.39 is 0 Å². The fourth-order valence-electron chi connectivity index (χ4n) is 3.31. The topological polar surface area (TPSA) is 68.9 Å². The van der Waals surface area contributed by atoms with Crippen molar-refractivity contribution in [1.29, 1.82) is 0 Å². The van der Waals surface area contributed by atoms with Crippen molar-refractivity contribution in [2.24, 2.45) is 10.7 Å². The summed E-state index contributed by atoms with van der Waals surface area (Å²) in [4.78, 5) is 4.44. The summed E-state index contributed by atoms with van der Waals surface area (Å²) in [5, 5.41) is 3.17. The van der Waals surface area contributed by atoms with Gasteiger partial charge < -0.3 is 20.5 Å². The number of hydrogen-bond acceptors (Lipinski definition) is 3. The van der Waals surface area contributed by atoms with Crippen LogP contribution < -0.4 is 20.5 Å². The van der Waals surface area contributed by atoms with Gasteiger partial charge in [-0.3, -0.25) is 0 Å². The Morgan fingerprint density at radius 1 is 1.07 bits per heavy atom. The molecule has 28 heavy (non-hydrogen) atoms. The van der Waals surface area contributed by atoms with Crippen molar-refractivity contribution in [2.45, 2.75) is 44.8 Å². The van der Waals surface area contributed by atoms with Gasteiger partial charge in [0.25, 0.3) is 0 Å². The standard InChI is InChI=1S/C22H29N3O2.HI/c1-26-20-12-11-18(15-21(20)27-19-9-5-6-10-19)16-25-22(23)24-14-13-17-7-3-2-4-8-17;/h2-4,7-8,11-12,15,19H,5-6,9-10,13-14,16H2,1H3,(H3,23,24,25);1H. The number of nitrogens with two attached hydrogens (primary N) is 1. The summed E-state index contributed by atoms with van der Waals surface area (Å²) >= 11 is 0. The number of benzene rings is 2. The van der Waals surface area contributed by atoms with Gasteiger partial charge in [-0.15, -0.1) is 24.0 Å². The minimum atomic E-state index is 0. The summed E-state index contributed by atoms with van der Waals surface area (Å²) in [5.41, 5.74) is 8.33. The first kappa shape index (κ1) is 22.3. The molecule has 0 heterocycles. The quantitative estimate of drug-likeness (QED) is 0.326. The van der Waals surface area contributed by atoms with Crippen molar-refractivity contribution in [2.75, 3.05) is 13.7 Å². The van der Waals surface area contributed by atoms with Gasteiger partial charge in [-0.05, 0) is 55.4 Å². The molecule has 3 N–H and O–H groups in total. The van der Waals surface area contributed by atoms with Crippen LogP contribution in [0.25, 0.3) is 0 Å². The molecule has 0 amide bonds. The van der Waals surface area contributed by atoms with Crippen LogP contribution in [0.15, 0.2) is 53.5 Å². The highest BCUT2D eigenvalue weighted by Gasteiger charge is 2.18. The summed E-state index contributed by atoms with van der Waals surface area (Å²) in [6, 6.07) is 16.3. The van der Waals surface area contributed by atoms with Gasteiger partial charge in [-0.1, -0.05) is 36.4 Å². The second kappa shape index (κ2) is 11.8. The Labute approximate surface area is 184 Å². The number of nitrogens with one attached hydrogen (secondary N) is 1. The zero-order chi connectivity index (χ0) is 18.9. The van der Waals surface area contributed by atoms with E-state index in [9.17, 15) is 0 Å². The fraction of sp³-hybridized carbons (Fsp3) is 0.409. The maximum atomic E-state index is 6.14. The smallest absolute Gasteiger partial charge is 0.188 e. The van der Waals surface area contributed by atoms with E-state index in [0.717, 1.165) is 42.9 Å². The molecule has 6 heteroatoms. The Morgan fingerprint density at radius 2 is 1.82 bits per heavy atom. The highest BCUT2D eigenvalue weighted by atomic mass is 127. The molecule has 1 aliphatic carbocycles. The van der Waals surface area contributed by atoms with E-state index in [-0.39, 0.29) is 24.0 Å². The van der Waals surface area contributed by atoms with E-state index in [4.69, 9.17) is 15.2 Å². The second-order valence-corrected chi connectivity index (χ2v) is 6.87. The third-order valence-electron chi connectivity index (χ3n) is 4.82. The first-order valence-corrected chi connectivity index (χ1v) is 9.66. The Bertz CT molecular complexity index is 747. The van der Waals surface area contributed by atoms with Crippen LogP contribution in [-0.4, -0.2) is 25.7 Å². The molecule has 0 aliphatic heterocycles. The molecule has 0 saturated heterocycles. The minimum absolute atomic E-state index is 0. The number of hydrogen-bond donors (Lipinski definition) is 2. The second-order valence-electron chi connectivity index (χ2n) is 6.87. The van der Waals surface area contributed by atoms with Gasteiger partial charge in [0, 0.05) is 6.54 Å². The average Bonchev–Trinajstić information content (AvgIpc) is 3.20. The summed E-state index contributed by atoms with van der Waals surface area (Å²) in [6.07, 6.45) is 5.92. The lowest BCUT2D eigenvalue weighted by molar-refractivity contribution is 0.200. The predicted octanol–water partition coefficient (Wildman–Crippen LogP) is 4.28. The van der Waals surface area contributed by atoms with Gasteiger partial charge in [0.2, 0.25) is 0 Å². The van der Waals surface area contributed by atoms with Crippen LogP contribution in [0.3, 0.4) is 0 Å². The molecule has 0 bridgehead atoms. The van der Waals surface area contributed by atoms with Crippen molar-refractivity contribution in [1.82, 2.24) is 5.32 Å². The number of aliphatic imine (C=N–C) groups is 1. The highest BCUT2D eigenvalue weighted by molar-refractivity contribution is 14.0. The lowest BCUT2D eigenvalue weighted by Gasteiger charge is -2.16. The van der Waals surface area contributed by atoms with Gasteiger partial charge in [-0.2, -0.15) is 0 Å². The summed E-state index contributed by atoms with van der Waals surface area (Å²) in [7, 11) is 1.67. The van der Waals surface area contributed by atoms with E-state index >= 15 is 0 Å². The number of guanidine groups is 1. The normalized spacial score (nSPS) is 14.4. The van der Waals surface area contributed by atoms with Crippen LogP contribution in [0.1, 0.15) is 36.8 Å². The molecule has 0 spiro atoms. The number of halogens is 1. The Hall–Kier alpha value is -1.96. The van der Waals surface area contributed by atoms with Gasteiger partial charge in [-0.25, -0.2) is 4.99 Å². The van der Waals surface area contributed by atoms with E-state index in [1.807, 2.05) is 36.4 Å². The van der Waals surface area contributed by atoms with E-state index in [0.29, 0.717) is 18.6 Å². The van der Waals surface area contributed by atoms with Crippen molar-refractivity contribution in [3.05, 3.63) is 59.7 Å². The number of rotatable bonds is 8. The number of methoxy groups -OCH3 is 1. The molecule has 5 nitrogen and oxygen atoms in total. The summed E-state index contributed by atoms with van der Waals surface area (Å²) < 4.78 is 11.6. The van der Waals surface area contributed by atoms with Crippen molar-refractivity contribution < 1.29 is 9.47 Å². The van der Waals surface area contributed by atoms with Gasteiger partial charge >= 0.3 is 0 Å². The van der Waals surface area contributed by atoms with Crippen LogP contribution in [0.5, 0.6) is 11.5 Å². The van der Waals surface area contributed by atoms with Gasteiger partial charge in [0.1, 0.15) is 0 Å². The van der Waals surface area contributed by atoms with Gasteiger partial charge in [0.15, 0.2) is 17.5 Å². The number of ether oxygens (including phenoxy) is 2. The fourth-order valence-corrected chi connectivity index (χ4v) is 3.31. The lowest BCUT2D eigenvalue weighted by Crippen LogP contribution is -2.33. The van der Waals surface area contributed by atoms with Crippen molar-refractivity contribution in [3.63, 3.8) is 0 Å². The van der Waals surface area contributed by atoms with Crippen LogP contribution >= 0.6 is 24.0 Å². The third kappa shape index (κ3) is 6.89. The predicted molar refractivity (Wildman–Crippen MR) is 125 cm³/mol. The van der Waals surface area contributed by atoms with Crippen LogP contribution in [0.2, 0.25) is 0 Å². The maximum Gasteiger partial charge on any atom is 0.188 e. The first-order chi connectivity index (χ1) is 13.2. The van der Waals surface area contributed by atoms with E-state index in [1.165, 1.54) is 18.4 Å². The molecule has 1 saturated carbocycles. The zero-order valence-electron chi connectivity index (χ0n) is 16.4. The first-order valence-electron chi connectivity index (χ1n) is 9.66. The van der Waals surface area contributed by atoms with E-state index in [1.54, 1.807) is 7.11 Å². The molecule has 1 fully saturated rings.